The zero-order chi connectivity index (χ0) is 18.6. The van der Waals surface area contributed by atoms with Gasteiger partial charge in [0.25, 0.3) is 0 Å². The molecule has 1 aromatic heterocycles. The smallest absolute Gasteiger partial charge is 0.230 e. The molecular weight excluding hydrogens is 312 g/mol. The first kappa shape index (κ1) is 19.7. The minimum atomic E-state index is -0.406. The lowest BCUT2D eigenvalue weighted by atomic mass is 9.96. The van der Waals surface area contributed by atoms with Crippen LogP contribution < -0.4 is 5.32 Å². The van der Waals surface area contributed by atoms with Gasteiger partial charge in [-0.15, -0.1) is 6.58 Å². The Kier molecular flexibility index (Phi) is 6.44. The normalized spacial score (nSPS) is 18.1. The van der Waals surface area contributed by atoms with Crippen LogP contribution in [0.1, 0.15) is 66.3 Å². The number of likely N-dealkylation sites (tertiary alicyclic amines) is 1. The number of carbonyl (C=O) groups is 1. The predicted octanol–water partition coefficient (Wildman–Crippen LogP) is 4.25. The number of nitrogens with one attached hydrogen (secondary N) is 1. The molecule has 25 heavy (non-hydrogen) atoms. The molecule has 2 rings (SSSR count). The highest BCUT2D eigenvalue weighted by Gasteiger charge is 2.27. The molecule has 0 aliphatic carbocycles. The third-order valence-electron chi connectivity index (χ3n) is 5.05. The first-order valence-electron chi connectivity index (χ1n) is 9.42. The molecule has 0 bridgehead atoms. The van der Waals surface area contributed by atoms with E-state index >= 15 is 0 Å². The number of anilines is 1. The standard InChI is InChI=1S/C20H34N4O/c1-15(2)7-8-16(3)23-13-10-17(11-14-23)24-18(9-12-21-24)22-19(25)20(4,5)6/h9,12,16-17H,1,7-8,10-11,13-14H2,2-6H3,(H,22,25). The van der Waals surface area contributed by atoms with Gasteiger partial charge in [-0.2, -0.15) is 5.10 Å². The van der Waals surface area contributed by atoms with Crippen LogP contribution in [0.25, 0.3) is 0 Å². The van der Waals surface area contributed by atoms with Gasteiger partial charge in [0.2, 0.25) is 5.91 Å². The van der Waals surface area contributed by atoms with E-state index in [9.17, 15) is 4.79 Å². The number of piperidine rings is 1. The minimum Gasteiger partial charge on any atom is -0.310 e. The van der Waals surface area contributed by atoms with Crippen molar-refractivity contribution < 1.29 is 4.79 Å². The number of aromatic nitrogens is 2. The molecule has 0 spiro atoms. The number of rotatable bonds is 6. The van der Waals surface area contributed by atoms with Gasteiger partial charge in [-0.3, -0.25) is 4.79 Å². The van der Waals surface area contributed by atoms with Gasteiger partial charge in [-0.05, 0) is 39.5 Å². The van der Waals surface area contributed by atoms with Gasteiger partial charge < -0.3 is 10.2 Å². The number of amides is 1. The van der Waals surface area contributed by atoms with E-state index in [1.54, 1.807) is 6.20 Å². The second kappa shape index (κ2) is 8.17. The number of hydrogen-bond donors (Lipinski definition) is 1. The van der Waals surface area contributed by atoms with E-state index in [0.717, 1.165) is 38.2 Å². The first-order valence-corrected chi connectivity index (χ1v) is 9.42. The molecule has 0 saturated carbocycles. The van der Waals surface area contributed by atoms with Crippen LogP contribution in [0.15, 0.2) is 24.4 Å². The van der Waals surface area contributed by atoms with Gasteiger partial charge in [0.1, 0.15) is 5.82 Å². The largest absolute Gasteiger partial charge is 0.310 e. The number of nitrogens with zero attached hydrogens (tertiary/aromatic N) is 3. The summed E-state index contributed by atoms with van der Waals surface area (Å²) in [7, 11) is 0. The van der Waals surface area contributed by atoms with E-state index in [-0.39, 0.29) is 5.91 Å². The van der Waals surface area contributed by atoms with E-state index in [2.05, 4.69) is 35.7 Å². The fraction of sp³-hybridized carbons (Fsp3) is 0.700. The average molecular weight is 347 g/mol. The van der Waals surface area contributed by atoms with Crippen molar-refractivity contribution in [2.75, 3.05) is 18.4 Å². The molecule has 140 valence electrons. The van der Waals surface area contributed by atoms with Crippen LogP contribution in [0.2, 0.25) is 0 Å². The lowest BCUT2D eigenvalue weighted by molar-refractivity contribution is -0.123. The molecule has 1 unspecified atom stereocenters. The summed E-state index contributed by atoms with van der Waals surface area (Å²) in [4.78, 5) is 14.8. The molecule has 1 aliphatic heterocycles. The van der Waals surface area contributed by atoms with Crippen molar-refractivity contribution in [2.45, 2.75) is 72.4 Å². The van der Waals surface area contributed by atoms with E-state index in [4.69, 9.17) is 0 Å². The quantitative estimate of drug-likeness (QED) is 0.784. The Morgan fingerprint density at radius 2 is 2.04 bits per heavy atom. The highest BCUT2D eigenvalue weighted by atomic mass is 16.2. The summed E-state index contributed by atoms with van der Waals surface area (Å²) in [5.74, 6) is 0.841. The average Bonchev–Trinajstić information content (AvgIpc) is 3.00. The molecule has 0 radical (unpaired) electrons. The number of carbonyl (C=O) groups excluding carboxylic acids is 1. The zero-order valence-electron chi connectivity index (χ0n) is 16.5. The molecule has 1 fully saturated rings. The van der Waals surface area contributed by atoms with Crippen LogP contribution in [0.3, 0.4) is 0 Å². The molecule has 0 aromatic carbocycles. The fourth-order valence-corrected chi connectivity index (χ4v) is 3.22. The highest BCUT2D eigenvalue weighted by molar-refractivity contribution is 5.93. The molecule has 5 nitrogen and oxygen atoms in total. The van der Waals surface area contributed by atoms with Crippen molar-refractivity contribution >= 4 is 11.7 Å². The van der Waals surface area contributed by atoms with Gasteiger partial charge in [0.15, 0.2) is 0 Å². The number of hydrogen-bond acceptors (Lipinski definition) is 3. The van der Waals surface area contributed by atoms with E-state index in [0.29, 0.717) is 12.1 Å². The Morgan fingerprint density at radius 1 is 1.40 bits per heavy atom. The molecular formula is C20H34N4O. The van der Waals surface area contributed by atoms with Crippen LogP contribution >= 0.6 is 0 Å². The van der Waals surface area contributed by atoms with Gasteiger partial charge in [-0.25, -0.2) is 4.68 Å². The van der Waals surface area contributed by atoms with Crippen LogP contribution in [-0.4, -0.2) is 39.7 Å². The van der Waals surface area contributed by atoms with Crippen LogP contribution in [0.5, 0.6) is 0 Å². The molecule has 1 amide bonds. The Balaban J connectivity index is 1.92. The summed E-state index contributed by atoms with van der Waals surface area (Å²) < 4.78 is 2.00. The van der Waals surface area contributed by atoms with Crippen LogP contribution in [-0.2, 0) is 4.79 Å². The van der Waals surface area contributed by atoms with Crippen molar-refractivity contribution in [1.29, 1.82) is 0 Å². The first-order chi connectivity index (χ1) is 11.7. The van der Waals surface area contributed by atoms with E-state index < -0.39 is 5.41 Å². The molecule has 1 aliphatic rings. The van der Waals surface area contributed by atoms with E-state index in [1.165, 1.54) is 12.0 Å². The molecule has 1 aromatic rings. The summed E-state index contributed by atoms with van der Waals surface area (Å²) in [5.41, 5.74) is 0.856. The van der Waals surface area contributed by atoms with Gasteiger partial charge in [0, 0.05) is 30.6 Å². The Morgan fingerprint density at radius 3 is 2.60 bits per heavy atom. The van der Waals surface area contributed by atoms with E-state index in [1.807, 2.05) is 31.5 Å². The summed E-state index contributed by atoms with van der Waals surface area (Å²) >= 11 is 0. The maximum atomic E-state index is 12.3. The third kappa shape index (κ3) is 5.43. The molecule has 1 N–H and O–H groups in total. The monoisotopic (exact) mass is 346 g/mol. The van der Waals surface area contributed by atoms with Crippen molar-refractivity contribution in [3.05, 3.63) is 24.4 Å². The number of allylic oxidation sites excluding steroid dienone is 1. The third-order valence-corrected chi connectivity index (χ3v) is 5.05. The molecule has 1 atom stereocenters. The van der Waals surface area contributed by atoms with Crippen molar-refractivity contribution in [2.24, 2.45) is 5.41 Å². The summed E-state index contributed by atoms with van der Waals surface area (Å²) in [6.45, 7) is 16.3. The maximum absolute atomic E-state index is 12.3. The van der Waals surface area contributed by atoms with Gasteiger partial charge in [-0.1, -0.05) is 26.3 Å². The Bertz CT molecular complexity index is 591. The molecule has 1 saturated heterocycles. The molecule has 2 heterocycles. The Hall–Kier alpha value is -1.62. The van der Waals surface area contributed by atoms with Gasteiger partial charge in [0.05, 0.1) is 12.2 Å². The summed E-state index contributed by atoms with van der Waals surface area (Å²) in [6, 6.07) is 2.84. The topological polar surface area (TPSA) is 50.2 Å². The predicted molar refractivity (Wildman–Crippen MR) is 104 cm³/mol. The Labute approximate surface area is 152 Å². The van der Waals surface area contributed by atoms with Gasteiger partial charge >= 0.3 is 0 Å². The second-order valence-corrected chi connectivity index (χ2v) is 8.48. The molecule has 5 heteroatoms. The lowest BCUT2D eigenvalue weighted by Gasteiger charge is -2.36. The lowest BCUT2D eigenvalue weighted by Crippen LogP contribution is -2.41. The maximum Gasteiger partial charge on any atom is 0.230 e. The van der Waals surface area contributed by atoms with Crippen molar-refractivity contribution in [1.82, 2.24) is 14.7 Å². The van der Waals surface area contributed by atoms with Crippen LogP contribution in [0.4, 0.5) is 5.82 Å². The fourth-order valence-electron chi connectivity index (χ4n) is 3.22. The zero-order valence-corrected chi connectivity index (χ0v) is 16.5. The second-order valence-electron chi connectivity index (χ2n) is 8.48. The highest BCUT2D eigenvalue weighted by Crippen LogP contribution is 2.28. The summed E-state index contributed by atoms with van der Waals surface area (Å²) in [6.07, 6.45) is 6.19. The van der Waals surface area contributed by atoms with Crippen LogP contribution in [0, 0.1) is 5.41 Å². The SMILES string of the molecule is C=C(C)CCC(C)N1CCC(n2nccc2NC(=O)C(C)(C)C)CC1. The summed E-state index contributed by atoms with van der Waals surface area (Å²) in [5, 5.41) is 7.51. The van der Waals surface area contributed by atoms with Crippen molar-refractivity contribution in [3.8, 4) is 0 Å². The van der Waals surface area contributed by atoms with Crippen molar-refractivity contribution in [3.63, 3.8) is 0 Å². The minimum absolute atomic E-state index is 0.0279.